The van der Waals surface area contributed by atoms with Gasteiger partial charge in [-0.2, -0.15) is 0 Å². The molecule has 0 N–H and O–H groups in total. The normalized spacial score (nSPS) is 20.9. The van der Waals surface area contributed by atoms with Gasteiger partial charge in [-0.3, -0.25) is 14.3 Å². The minimum atomic E-state index is -1.12. The zero-order valence-electron chi connectivity index (χ0n) is 7.79. The summed E-state index contributed by atoms with van der Waals surface area (Å²) in [6, 6.07) is 5.77. The van der Waals surface area contributed by atoms with Crippen LogP contribution in [0.25, 0.3) is 0 Å². The van der Waals surface area contributed by atoms with Gasteiger partial charge in [0.15, 0.2) is 0 Å². The first-order chi connectivity index (χ1) is 7.16. The number of non-ortho nitro benzene ring substituents is 1. The van der Waals surface area contributed by atoms with Gasteiger partial charge in [0.05, 0.1) is 34.2 Å². The number of ether oxygens (including phenoxy) is 1. The lowest BCUT2D eigenvalue weighted by Crippen LogP contribution is -2.04. The maximum atomic E-state index is 11.6. The van der Waals surface area contributed by atoms with Crippen molar-refractivity contribution in [1.29, 1.82) is 0 Å². The Labute approximate surface area is 88.7 Å². The van der Waals surface area contributed by atoms with Crippen molar-refractivity contribution in [2.24, 2.45) is 0 Å². The van der Waals surface area contributed by atoms with Crippen LogP contribution in [0.15, 0.2) is 29.2 Å². The van der Waals surface area contributed by atoms with Gasteiger partial charge < -0.3 is 4.74 Å². The Morgan fingerprint density at radius 3 is 2.53 bits per heavy atom. The fourth-order valence-corrected chi connectivity index (χ4v) is 2.31. The van der Waals surface area contributed by atoms with E-state index in [1.807, 2.05) is 0 Å². The molecule has 0 amide bonds. The lowest BCUT2D eigenvalue weighted by Gasteiger charge is -1.98. The van der Waals surface area contributed by atoms with Gasteiger partial charge in [-0.05, 0) is 12.1 Å². The number of rotatable bonds is 4. The molecule has 0 spiro atoms. The molecule has 5 nitrogen and oxygen atoms in total. The number of hydrogen-bond acceptors (Lipinski definition) is 4. The van der Waals surface area contributed by atoms with Gasteiger partial charge in [0.25, 0.3) is 5.69 Å². The molecular weight excluding hydrogens is 218 g/mol. The summed E-state index contributed by atoms with van der Waals surface area (Å²) < 4.78 is 16.6. The van der Waals surface area contributed by atoms with Crippen LogP contribution in [0.2, 0.25) is 0 Å². The van der Waals surface area contributed by atoms with Crippen molar-refractivity contribution in [2.75, 3.05) is 12.4 Å². The quantitative estimate of drug-likeness (QED) is 0.438. The third-order valence-corrected chi connectivity index (χ3v) is 3.52. The van der Waals surface area contributed by atoms with Crippen molar-refractivity contribution >= 4 is 16.5 Å². The first-order valence-corrected chi connectivity index (χ1v) is 5.73. The second kappa shape index (κ2) is 4.08. The summed E-state index contributed by atoms with van der Waals surface area (Å²) in [7, 11) is -1.12. The van der Waals surface area contributed by atoms with Crippen LogP contribution < -0.4 is 0 Å². The van der Waals surface area contributed by atoms with E-state index < -0.39 is 15.7 Å². The largest absolute Gasteiger partial charge is 0.372 e. The number of hydrogen-bond donors (Lipinski definition) is 0. The second-order valence-corrected chi connectivity index (χ2v) is 4.71. The van der Waals surface area contributed by atoms with Crippen LogP contribution in [0.3, 0.4) is 0 Å². The Hall–Kier alpha value is -1.27. The standard InChI is InChI=1S/C9H9NO4S/c11-10(12)7-1-3-9(4-2-7)15(13)6-8-5-14-8/h1-4,8H,5-6H2. The van der Waals surface area contributed by atoms with Crippen molar-refractivity contribution in [3.05, 3.63) is 34.4 Å². The Balaban J connectivity index is 2.08. The maximum Gasteiger partial charge on any atom is 0.269 e. The molecule has 1 fully saturated rings. The van der Waals surface area contributed by atoms with E-state index in [4.69, 9.17) is 4.74 Å². The van der Waals surface area contributed by atoms with E-state index in [1.165, 1.54) is 24.3 Å². The van der Waals surface area contributed by atoms with Crippen LogP contribution >= 0.6 is 0 Å². The number of nitro groups is 1. The van der Waals surface area contributed by atoms with Gasteiger partial charge in [0.2, 0.25) is 0 Å². The number of nitro benzene ring substituents is 1. The smallest absolute Gasteiger partial charge is 0.269 e. The Morgan fingerprint density at radius 2 is 2.07 bits per heavy atom. The molecule has 0 aromatic heterocycles. The molecular formula is C9H9NO4S. The average molecular weight is 227 g/mol. The number of nitrogens with zero attached hydrogens (tertiary/aromatic N) is 1. The van der Waals surface area contributed by atoms with Gasteiger partial charge in [-0.25, -0.2) is 0 Å². The highest BCUT2D eigenvalue weighted by atomic mass is 32.2. The highest BCUT2D eigenvalue weighted by Crippen LogP contribution is 2.18. The Morgan fingerprint density at radius 1 is 1.47 bits per heavy atom. The minimum Gasteiger partial charge on any atom is -0.372 e. The monoisotopic (exact) mass is 227 g/mol. The number of epoxide rings is 1. The molecule has 2 unspecified atom stereocenters. The average Bonchev–Trinajstić information content (AvgIpc) is 3.02. The van der Waals surface area contributed by atoms with Crippen LogP contribution in [0.1, 0.15) is 0 Å². The zero-order chi connectivity index (χ0) is 10.8. The molecule has 1 aromatic carbocycles. The van der Waals surface area contributed by atoms with Gasteiger partial charge in [-0.15, -0.1) is 0 Å². The molecule has 2 atom stereocenters. The highest BCUT2D eigenvalue weighted by Gasteiger charge is 2.25. The molecule has 1 aromatic rings. The summed E-state index contributed by atoms with van der Waals surface area (Å²) >= 11 is 0. The lowest BCUT2D eigenvalue weighted by atomic mass is 10.3. The summed E-state index contributed by atoms with van der Waals surface area (Å²) in [5.74, 6) is 0.470. The van der Waals surface area contributed by atoms with Crippen LogP contribution in [-0.4, -0.2) is 27.6 Å². The molecule has 15 heavy (non-hydrogen) atoms. The van der Waals surface area contributed by atoms with Crippen LogP contribution in [0, 0.1) is 10.1 Å². The minimum absolute atomic E-state index is 0.0124. The zero-order valence-corrected chi connectivity index (χ0v) is 8.61. The molecule has 1 aliphatic heterocycles. The van der Waals surface area contributed by atoms with E-state index in [9.17, 15) is 14.3 Å². The maximum absolute atomic E-state index is 11.6. The van der Waals surface area contributed by atoms with E-state index in [0.29, 0.717) is 17.3 Å². The second-order valence-electron chi connectivity index (χ2n) is 3.22. The van der Waals surface area contributed by atoms with Crippen molar-refractivity contribution in [1.82, 2.24) is 0 Å². The Kier molecular flexibility index (Phi) is 2.79. The Bertz CT molecular complexity index is 399. The molecule has 80 valence electrons. The van der Waals surface area contributed by atoms with Crippen molar-refractivity contribution in [2.45, 2.75) is 11.0 Å². The van der Waals surface area contributed by atoms with Gasteiger partial charge in [0.1, 0.15) is 0 Å². The fourth-order valence-electron chi connectivity index (χ4n) is 1.15. The molecule has 6 heteroatoms. The van der Waals surface area contributed by atoms with Gasteiger partial charge >= 0.3 is 0 Å². The van der Waals surface area contributed by atoms with Crippen molar-refractivity contribution in [3.63, 3.8) is 0 Å². The summed E-state index contributed by atoms with van der Waals surface area (Å²) in [6.45, 7) is 0.665. The van der Waals surface area contributed by atoms with Gasteiger partial charge in [-0.1, -0.05) is 0 Å². The highest BCUT2D eigenvalue weighted by molar-refractivity contribution is 7.85. The SMILES string of the molecule is O=[N+]([O-])c1ccc(S(=O)CC2CO2)cc1. The molecule has 0 bridgehead atoms. The van der Waals surface area contributed by atoms with Crippen LogP contribution in [-0.2, 0) is 15.5 Å². The molecule has 1 heterocycles. The van der Waals surface area contributed by atoms with E-state index in [0.717, 1.165) is 0 Å². The molecule has 2 rings (SSSR count). The van der Waals surface area contributed by atoms with Crippen LogP contribution in [0.5, 0.6) is 0 Å². The first-order valence-electron chi connectivity index (χ1n) is 4.41. The van der Waals surface area contributed by atoms with Crippen molar-refractivity contribution in [3.8, 4) is 0 Å². The van der Waals surface area contributed by atoms with E-state index in [1.54, 1.807) is 0 Å². The molecule has 0 radical (unpaired) electrons. The first kappa shape index (κ1) is 10.3. The summed E-state index contributed by atoms with van der Waals surface area (Å²) in [6.07, 6.45) is 0.0982. The lowest BCUT2D eigenvalue weighted by molar-refractivity contribution is -0.384. The topological polar surface area (TPSA) is 72.7 Å². The molecule has 0 saturated carbocycles. The van der Waals surface area contributed by atoms with Crippen molar-refractivity contribution < 1.29 is 13.9 Å². The predicted octanol–water partition coefficient (Wildman–Crippen LogP) is 1.10. The van der Waals surface area contributed by atoms with Gasteiger partial charge in [0, 0.05) is 17.0 Å². The fraction of sp³-hybridized carbons (Fsp3) is 0.333. The predicted molar refractivity (Wildman–Crippen MR) is 54.1 cm³/mol. The van der Waals surface area contributed by atoms with E-state index in [2.05, 4.69) is 0 Å². The summed E-state index contributed by atoms with van der Waals surface area (Å²) in [5, 5.41) is 10.4. The van der Waals surface area contributed by atoms with E-state index in [-0.39, 0.29) is 11.8 Å². The number of benzene rings is 1. The third kappa shape index (κ3) is 2.60. The van der Waals surface area contributed by atoms with Crippen LogP contribution in [0.4, 0.5) is 5.69 Å². The molecule has 1 saturated heterocycles. The molecule has 1 aliphatic rings. The van der Waals surface area contributed by atoms with E-state index >= 15 is 0 Å². The molecule has 0 aliphatic carbocycles. The summed E-state index contributed by atoms with van der Waals surface area (Å²) in [5.41, 5.74) is 0.0124. The summed E-state index contributed by atoms with van der Waals surface area (Å²) in [4.78, 5) is 10.5. The third-order valence-electron chi connectivity index (χ3n) is 2.05.